The van der Waals surface area contributed by atoms with E-state index < -0.39 is 16.1 Å². The number of sulfonamides is 1. The molecule has 6 nitrogen and oxygen atoms in total. The molecule has 21 heavy (non-hydrogen) atoms. The van der Waals surface area contributed by atoms with Gasteiger partial charge in [0, 0.05) is 26.1 Å². The quantitative estimate of drug-likeness (QED) is 0.854. The zero-order chi connectivity index (χ0) is 15.6. The lowest BCUT2D eigenvalue weighted by Crippen LogP contribution is -2.37. The highest BCUT2D eigenvalue weighted by atomic mass is 32.2. The first-order valence-electron chi connectivity index (χ1n) is 6.86. The summed E-state index contributed by atoms with van der Waals surface area (Å²) in [4.78, 5) is 11.2. The first kappa shape index (κ1) is 15.9. The number of aliphatic hydroxyl groups is 1. The van der Waals surface area contributed by atoms with Crippen LogP contribution in [-0.4, -0.2) is 42.9 Å². The molecule has 0 aromatic heterocycles. The lowest BCUT2D eigenvalue weighted by atomic mass is 10.1. The number of amides is 1. The minimum atomic E-state index is -3.59. The molecular weight excluding hydrogens is 292 g/mol. The monoisotopic (exact) mass is 312 g/mol. The van der Waals surface area contributed by atoms with E-state index in [1.807, 2.05) is 0 Å². The van der Waals surface area contributed by atoms with Gasteiger partial charge in [0.1, 0.15) is 0 Å². The summed E-state index contributed by atoms with van der Waals surface area (Å²) in [7, 11) is -3.59. The molecule has 1 aliphatic heterocycles. The van der Waals surface area contributed by atoms with Gasteiger partial charge in [0.25, 0.3) is 0 Å². The molecule has 2 unspecified atom stereocenters. The SMILES string of the molecule is CC(=O)NC1CCN(S(=O)(=O)c2cccc(C(C)O)c2)C1. The number of nitrogens with zero attached hydrogens (tertiary/aromatic N) is 1. The van der Waals surface area contributed by atoms with E-state index in [0.29, 0.717) is 18.5 Å². The average Bonchev–Trinajstić information content (AvgIpc) is 2.87. The Hall–Kier alpha value is -1.44. The summed E-state index contributed by atoms with van der Waals surface area (Å²) in [5.41, 5.74) is 0.564. The maximum absolute atomic E-state index is 12.6. The summed E-state index contributed by atoms with van der Waals surface area (Å²) in [6, 6.07) is 6.18. The molecule has 1 saturated heterocycles. The molecule has 0 bridgehead atoms. The highest BCUT2D eigenvalue weighted by Crippen LogP contribution is 2.23. The number of hydrogen-bond donors (Lipinski definition) is 2. The Labute approximate surface area is 124 Å². The van der Waals surface area contributed by atoms with Gasteiger partial charge in [0.15, 0.2) is 0 Å². The summed E-state index contributed by atoms with van der Waals surface area (Å²) in [5.74, 6) is -0.157. The zero-order valence-corrected chi connectivity index (χ0v) is 12.9. The second kappa shape index (κ2) is 6.13. The Bertz CT molecular complexity index is 628. The Morgan fingerprint density at radius 2 is 2.19 bits per heavy atom. The van der Waals surface area contributed by atoms with Crippen LogP contribution in [0.4, 0.5) is 0 Å². The minimum absolute atomic E-state index is 0.141. The van der Waals surface area contributed by atoms with E-state index in [1.165, 1.54) is 23.4 Å². The van der Waals surface area contributed by atoms with Gasteiger partial charge < -0.3 is 10.4 Å². The molecule has 0 spiro atoms. The first-order chi connectivity index (χ1) is 9.80. The fourth-order valence-electron chi connectivity index (χ4n) is 2.44. The Morgan fingerprint density at radius 1 is 1.48 bits per heavy atom. The average molecular weight is 312 g/mol. The molecule has 1 aliphatic rings. The van der Waals surface area contributed by atoms with Crippen molar-refractivity contribution in [1.82, 2.24) is 9.62 Å². The summed E-state index contributed by atoms with van der Waals surface area (Å²) in [6.45, 7) is 3.67. The number of aliphatic hydroxyl groups excluding tert-OH is 1. The first-order valence-corrected chi connectivity index (χ1v) is 8.30. The third kappa shape index (κ3) is 3.61. The molecule has 0 saturated carbocycles. The number of hydrogen-bond acceptors (Lipinski definition) is 4. The van der Waals surface area contributed by atoms with Crippen LogP contribution in [0.5, 0.6) is 0 Å². The molecule has 0 aliphatic carbocycles. The van der Waals surface area contributed by atoms with Crippen molar-refractivity contribution in [3.05, 3.63) is 29.8 Å². The van der Waals surface area contributed by atoms with Gasteiger partial charge in [-0.25, -0.2) is 8.42 Å². The second-order valence-electron chi connectivity index (χ2n) is 5.30. The minimum Gasteiger partial charge on any atom is -0.389 e. The molecule has 1 fully saturated rings. The van der Waals surface area contributed by atoms with Crippen LogP contribution in [0, 0.1) is 0 Å². The maximum Gasteiger partial charge on any atom is 0.243 e. The zero-order valence-electron chi connectivity index (χ0n) is 12.1. The summed E-state index contributed by atoms with van der Waals surface area (Å²) in [5, 5.41) is 12.3. The van der Waals surface area contributed by atoms with Crippen LogP contribution < -0.4 is 5.32 Å². The second-order valence-corrected chi connectivity index (χ2v) is 7.24. The maximum atomic E-state index is 12.6. The summed E-state index contributed by atoms with van der Waals surface area (Å²) < 4.78 is 26.5. The molecule has 1 aromatic rings. The van der Waals surface area contributed by atoms with Crippen molar-refractivity contribution in [2.75, 3.05) is 13.1 Å². The van der Waals surface area contributed by atoms with Crippen molar-refractivity contribution in [3.8, 4) is 0 Å². The number of benzene rings is 1. The van der Waals surface area contributed by atoms with Crippen LogP contribution in [-0.2, 0) is 14.8 Å². The Kier molecular flexibility index (Phi) is 4.65. The van der Waals surface area contributed by atoms with E-state index in [0.717, 1.165) is 0 Å². The van der Waals surface area contributed by atoms with Crippen molar-refractivity contribution in [3.63, 3.8) is 0 Å². The normalized spacial score (nSPS) is 21.2. The number of nitrogens with one attached hydrogen (secondary N) is 1. The molecule has 2 atom stereocenters. The van der Waals surface area contributed by atoms with Gasteiger partial charge in [-0.2, -0.15) is 4.31 Å². The van der Waals surface area contributed by atoms with Crippen LogP contribution in [0.1, 0.15) is 31.9 Å². The van der Waals surface area contributed by atoms with Gasteiger partial charge in [-0.1, -0.05) is 12.1 Å². The van der Waals surface area contributed by atoms with E-state index in [9.17, 15) is 18.3 Å². The van der Waals surface area contributed by atoms with E-state index in [2.05, 4.69) is 5.32 Å². The van der Waals surface area contributed by atoms with Crippen LogP contribution >= 0.6 is 0 Å². The standard InChI is InChI=1S/C14H20N2O4S/c1-10(17)12-4-3-5-14(8-12)21(19,20)16-7-6-13(9-16)15-11(2)18/h3-5,8,10,13,17H,6-7,9H2,1-2H3,(H,15,18). The smallest absolute Gasteiger partial charge is 0.243 e. The van der Waals surface area contributed by atoms with E-state index >= 15 is 0 Å². The fraction of sp³-hybridized carbons (Fsp3) is 0.500. The highest BCUT2D eigenvalue weighted by Gasteiger charge is 2.33. The van der Waals surface area contributed by atoms with Crippen molar-refractivity contribution >= 4 is 15.9 Å². The van der Waals surface area contributed by atoms with Crippen LogP contribution in [0.3, 0.4) is 0 Å². The largest absolute Gasteiger partial charge is 0.389 e. The van der Waals surface area contributed by atoms with Gasteiger partial charge in [0.2, 0.25) is 15.9 Å². The highest BCUT2D eigenvalue weighted by molar-refractivity contribution is 7.89. The number of rotatable bonds is 4. The van der Waals surface area contributed by atoms with Crippen LogP contribution in [0.25, 0.3) is 0 Å². The third-order valence-corrected chi connectivity index (χ3v) is 5.40. The van der Waals surface area contributed by atoms with E-state index in [1.54, 1.807) is 19.1 Å². The topological polar surface area (TPSA) is 86.7 Å². The summed E-state index contributed by atoms with van der Waals surface area (Å²) >= 11 is 0. The molecule has 2 rings (SSSR count). The predicted molar refractivity (Wildman–Crippen MR) is 78.1 cm³/mol. The molecule has 1 aromatic carbocycles. The van der Waals surface area contributed by atoms with Gasteiger partial charge in [-0.15, -0.1) is 0 Å². The van der Waals surface area contributed by atoms with Crippen molar-refractivity contribution in [1.29, 1.82) is 0 Å². The van der Waals surface area contributed by atoms with Crippen molar-refractivity contribution in [2.45, 2.75) is 37.3 Å². The lowest BCUT2D eigenvalue weighted by Gasteiger charge is -2.17. The molecular formula is C14H20N2O4S. The van der Waals surface area contributed by atoms with Gasteiger partial charge in [-0.3, -0.25) is 4.79 Å². The number of carbonyl (C=O) groups excluding carboxylic acids is 1. The van der Waals surface area contributed by atoms with Crippen LogP contribution in [0.15, 0.2) is 29.2 Å². The molecule has 116 valence electrons. The summed E-state index contributed by atoms with van der Waals surface area (Å²) in [6.07, 6.45) is -0.111. The number of carbonyl (C=O) groups is 1. The van der Waals surface area contributed by atoms with Gasteiger partial charge in [0.05, 0.1) is 11.0 Å². The molecule has 2 N–H and O–H groups in total. The molecule has 1 heterocycles. The van der Waals surface area contributed by atoms with E-state index in [-0.39, 0.29) is 23.4 Å². The Morgan fingerprint density at radius 3 is 2.81 bits per heavy atom. The van der Waals surface area contributed by atoms with Gasteiger partial charge >= 0.3 is 0 Å². The van der Waals surface area contributed by atoms with E-state index in [4.69, 9.17) is 0 Å². The van der Waals surface area contributed by atoms with Crippen molar-refractivity contribution in [2.24, 2.45) is 0 Å². The van der Waals surface area contributed by atoms with Crippen molar-refractivity contribution < 1.29 is 18.3 Å². The predicted octanol–water partition coefficient (Wildman–Crippen LogP) is 0.639. The van der Waals surface area contributed by atoms with Crippen LogP contribution in [0.2, 0.25) is 0 Å². The molecule has 0 radical (unpaired) electrons. The van der Waals surface area contributed by atoms with Gasteiger partial charge in [-0.05, 0) is 31.0 Å². The Balaban J connectivity index is 2.19. The molecule has 1 amide bonds. The lowest BCUT2D eigenvalue weighted by molar-refractivity contribution is -0.119. The molecule has 7 heteroatoms. The fourth-order valence-corrected chi connectivity index (χ4v) is 3.99. The third-order valence-electron chi connectivity index (χ3n) is 3.54.